The van der Waals surface area contributed by atoms with Crippen LogP contribution in [0.25, 0.3) is 5.57 Å². The van der Waals surface area contributed by atoms with E-state index in [2.05, 4.69) is 16.9 Å². The summed E-state index contributed by atoms with van der Waals surface area (Å²) in [7, 11) is 0. The zero-order valence-corrected chi connectivity index (χ0v) is 18.8. The quantitative estimate of drug-likeness (QED) is 0.328. The third kappa shape index (κ3) is 9.12. The van der Waals surface area contributed by atoms with Crippen LogP contribution < -0.4 is 10.9 Å². The molecule has 1 aromatic heterocycles. The van der Waals surface area contributed by atoms with Gasteiger partial charge < -0.3 is 20.6 Å². The third-order valence-corrected chi connectivity index (χ3v) is 4.70. The van der Waals surface area contributed by atoms with Crippen LogP contribution in [0.1, 0.15) is 31.3 Å². The number of nitrogens with zero attached hydrogens (tertiary/aromatic N) is 2. The summed E-state index contributed by atoms with van der Waals surface area (Å²) in [6.07, 6.45) is -1.68. The largest absolute Gasteiger partial charge is 0.394 e. The molecular weight excluding hydrogens is 467 g/mol. The maximum atomic E-state index is 12.8. The van der Waals surface area contributed by atoms with Crippen molar-refractivity contribution in [2.45, 2.75) is 44.4 Å². The molecule has 4 N–H and O–H groups in total. The average Bonchev–Trinajstić information content (AvgIpc) is 2.73. The summed E-state index contributed by atoms with van der Waals surface area (Å²) in [6, 6.07) is 1.10. The molecule has 0 aliphatic carbocycles. The number of aliphatic hydroxyl groups is 3. The molecule has 0 saturated carbocycles. The number of halogens is 4. The topological polar surface area (TPSA) is 125 Å². The third-order valence-electron chi connectivity index (χ3n) is 4.57. The van der Waals surface area contributed by atoms with Crippen molar-refractivity contribution in [1.29, 1.82) is 0 Å². The number of alkyl halides is 3. The van der Waals surface area contributed by atoms with E-state index in [1.807, 2.05) is 0 Å². The van der Waals surface area contributed by atoms with Gasteiger partial charge in [-0.3, -0.25) is 14.2 Å². The minimum Gasteiger partial charge on any atom is -0.394 e. The van der Waals surface area contributed by atoms with Crippen LogP contribution in [-0.4, -0.2) is 62.3 Å². The summed E-state index contributed by atoms with van der Waals surface area (Å²) in [6.45, 7) is 2.27. The van der Waals surface area contributed by atoms with Crippen LogP contribution in [0.4, 0.5) is 13.2 Å². The van der Waals surface area contributed by atoms with E-state index in [0.717, 1.165) is 10.6 Å². The second kappa shape index (κ2) is 12.7. The van der Waals surface area contributed by atoms with E-state index in [9.17, 15) is 38.1 Å². The lowest BCUT2D eigenvalue weighted by molar-refractivity contribution is -0.135. The molecule has 1 rings (SSSR count). The number of aromatic nitrogens is 2. The van der Waals surface area contributed by atoms with Gasteiger partial charge >= 0.3 is 6.18 Å². The Balaban J connectivity index is 3.38. The smallest absolute Gasteiger partial charge is 0.389 e. The standard InChI is InChI=1S/C21H27ClF3N3O5/c1-3-15(7-6-14(2)22)16-9-19(33)28(17(26-16)5-4-8-21(23,24)25)10-18(32)27-20(11-29,12-30)13-31/h3,6-7,9,29-31H,1,4-5,8,10-13H2,2H3,(H,27,32)/b14-6+,15-7+. The number of nitrogens with one attached hydrogen (secondary N) is 1. The van der Waals surface area contributed by atoms with Gasteiger partial charge in [0.25, 0.3) is 5.56 Å². The maximum absolute atomic E-state index is 12.8. The number of aliphatic hydroxyl groups excluding tert-OH is 3. The van der Waals surface area contributed by atoms with E-state index in [1.54, 1.807) is 6.92 Å². The fourth-order valence-corrected chi connectivity index (χ4v) is 2.78. The Bertz CT molecular complexity index is 941. The normalized spacial score (nSPS) is 13.2. The van der Waals surface area contributed by atoms with Gasteiger partial charge in [0.15, 0.2) is 0 Å². The Labute approximate surface area is 193 Å². The van der Waals surface area contributed by atoms with Crippen molar-refractivity contribution in [1.82, 2.24) is 14.9 Å². The van der Waals surface area contributed by atoms with Crippen LogP contribution in [0.3, 0.4) is 0 Å². The van der Waals surface area contributed by atoms with Gasteiger partial charge in [-0.2, -0.15) is 13.2 Å². The van der Waals surface area contributed by atoms with Gasteiger partial charge in [-0.15, -0.1) is 0 Å². The molecule has 1 aromatic rings. The summed E-state index contributed by atoms with van der Waals surface area (Å²) in [4.78, 5) is 29.5. The molecular formula is C21H27ClF3N3O5. The summed E-state index contributed by atoms with van der Waals surface area (Å²) >= 11 is 5.80. The Hall–Kier alpha value is -2.47. The van der Waals surface area contributed by atoms with Crippen LogP contribution in [0.15, 0.2) is 40.7 Å². The first-order chi connectivity index (χ1) is 15.4. The molecule has 0 fully saturated rings. The zero-order chi connectivity index (χ0) is 25.2. The summed E-state index contributed by atoms with van der Waals surface area (Å²) in [5, 5.41) is 30.7. The van der Waals surface area contributed by atoms with Gasteiger partial charge in [0, 0.05) is 23.9 Å². The highest BCUT2D eigenvalue weighted by molar-refractivity contribution is 6.29. The Morgan fingerprint density at radius 3 is 2.33 bits per heavy atom. The molecule has 0 aliphatic rings. The molecule has 0 atom stereocenters. The number of aryl methyl sites for hydroxylation is 1. The van der Waals surface area contributed by atoms with Crippen LogP contribution in [-0.2, 0) is 17.8 Å². The first-order valence-corrected chi connectivity index (χ1v) is 10.3. The van der Waals surface area contributed by atoms with E-state index in [0.29, 0.717) is 10.6 Å². The van der Waals surface area contributed by atoms with Crippen LogP contribution >= 0.6 is 11.6 Å². The Morgan fingerprint density at radius 1 is 1.24 bits per heavy atom. The highest BCUT2D eigenvalue weighted by Gasteiger charge is 2.30. The van der Waals surface area contributed by atoms with Crippen LogP contribution in [0.2, 0.25) is 0 Å². The number of rotatable bonds is 12. The molecule has 184 valence electrons. The van der Waals surface area contributed by atoms with E-state index in [1.165, 1.54) is 18.2 Å². The van der Waals surface area contributed by atoms with E-state index in [4.69, 9.17) is 11.6 Å². The molecule has 0 saturated heterocycles. The van der Waals surface area contributed by atoms with Crippen LogP contribution in [0.5, 0.6) is 0 Å². The van der Waals surface area contributed by atoms with Crippen molar-refractivity contribution in [3.63, 3.8) is 0 Å². The summed E-state index contributed by atoms with van der Waals surface area (Å²) in [5.41, 5.74) is -1.91. The second-order valence-electron chi connectivity index (χ2n) is 7.33. The number of allylic oxidation sites excluding steroid dienone is 5. The SMILES string of the molecule is C=C/C(=C\C=C(/C)Cl)c1cc(=O)n(CC(=O)NC(CO)(CO)CO)c(CCCC(F)(F)F)n1. The van der Waals surface area contributed by atoms with Gasteiger partial charge in [0.2, 0.25) is 5.91 Å². The fourth-order valence-electron chi connectivity index (χ4n) is 2.72. The lowest BCUT2D eigenvalue weighted by Crippen LogP contribution is -2.58. The summed E-state index contributed by atoms with van der Waals surface area (Å²) < 4.78 is 38.8. The second-order valence-corrected chi connectivity index (χ2v) is 7.93. The number of carbonyl (C=O) groups is 1. The monoisotopic (exact) mass is 493 g/mol. The molecule has 0 spiro atoms. The minimum absolute atomic E-state index is 0.0705. The lowest BCUT2D eigenvalue weighted by Gasteiger charge is -2.29. The molecule has 0 bridgehead atoms. The molecule has 8 nitrogen and oxygen atoms in total. The van der Waals surface area contributed by atoms with Gasteiger partial charge in [0.1, 0.15) is 17.9 Å². The van der Waals surface area contributed by atoms with Crippen molar-refractivity contribution < 1.29 is 33.3 Å². The zero-order valence-electron chi connectivity index (χ0n) is 18.0. The van der Waals surface area contributed by atoms with Gasteiger partial charge in [0.05, 0.1) is 25.5 Å². The number of hydrogen-bond acceptors (Lipinski definition) is 6. The fraction of sp³-hybridized carbons (Fsp3) is 0.476. The molecule has 12 heteroatoms. The van der Waals surface area contributed by atoms with Gasteiger partial charge in [-0.25, -0.2) is 4.98 Å². The first-order valence-electron chi connectivity index (χ1n) is 9.88. The predicted octanol–water partition coefficient (Wildman–Crippen LogP) is 1.67. The number of carbonyl (C=O) groups excluding carboxylic acids is 1. The van der Waals surface area contributed by atoms with Crippen molar-refractivity contribution in [2.75, 3.05) is 19.8 Å². The highest BCUT2D eigenvalue weighted by Crippen LogP contribution is 2.22. The summed E-state index contributed by atoms with van der Waals surface area (Å²) in [5.74, 6) is -0.931. The first kappa shape index (κ1) is 28.6. The van der Waals surface area contributed by atoms with E-state index >= 15 is 0 Å². The minimum atomic E-state index is -4.40. The molecule has 1 heterocycles. The van der Waals surface area contributed by atoms with E-state index < -0.39 is 56.0 Å². The molecule has 33 heavy (non-hydrogen) atoms. The average molecular weight is 494 g/mol. The number of amides is 1. The molecule has 0 aliphatic heterocycles. The van der Waals surface area contributed by atoms with Crippen LogP contribution in [0, 0.1) is 0 Å². The van der Waals surface area contributed by atoms with Crippen molar-refractivity contribution in [2.24, 2.45) is 0 Å². The molecule has 1 amide bonds. The van der Waals surface area contributed by atoms with E-state index in [-0.39, 0.29) is 24.4 Å². The van der Waals surface area contributed by atoms with Gasteiger partial charge in [-0.05, 0) is 25.0 Å². The molecule has 0 radical (unpaired) electrons. The maximum Gasteiger partial charge on any atom is 0.389 e. The van der Waals surface area contributed by atoms with Crippen molar-refractivity contribution in [3.05, 3.63) is 57.8 Å². The lowest BCUT2D eigenvalue weighted by atomic mass is 10.0. The molecule has 0 aromatic carbocycles. The predicted molar refractivity (Wildman–Crippen MR) is 117 cm³/mol. The Kier molecular flexibility index (Phi) is 11.0. The van der Waals surface area contributed by atoms with Crippen molar-refractivity contribution in [3.8, 4) is 0 Å². The number of hydrogen-bond donors (Lipinski definition) is 4. The van der Waals surface area contributed by atoms with Crippen molar-refractivity contribution >= 4 is 23.1 Å². The Morgan fingerprint density at radius 2 is 1.85 bits per heavy atom. The highest BCUT2D eigenvalue weighted by atomic mass is 35.5. The molecule has 0 unspecified atom stereocenters. The van der Waals surface area contributed by atoms with Gasteiger partial charge in [-0.1, -0.05) is 30.3 Å².